The fourth-order valence-corrected chi connectivity index (χ4v) is 3.13. The molecule has 2 rings (SSSR count). The van der Waals surface area contributed by atoms with Crippen molar-refractivity contribution < 1.29 is 15.0 Å². The van der Waals surface area contributed by atoms with Gasteiger partial charge in [0.15, 0.2) is 0 Å². The van der Waals surface area contributed by atoms with Crippen LogP contribution < -0.4 is 0 Å². The van der Waals surface area contributed by atoms with Crippen LogP contribution in [0.15, 0.2) is 0 Å². The van der Waals surface area contributed by atoms with E-state index >= 15 is 0 Å². The van der Waals surface area contributed by atoms with Crippen LogP contribution in [0.5, 0.6) is 0 Å². The van der Waals surface area contributed by atoms with Gasteiger partial charge in [-0.05, 0) is 31.6 Å². The van der Waals surface area contributed by atoms with Crippen LogP contribution in [0, 0.1) is 5.92 Å². The third-order valence-corrected chi connectivity index (χ3v) is 4.26. The summed E-state index contributed by atoms with van der Waals surface area (Å²) in [4.78, 5) is 12.2. The van der Waals surface area contributed by atoms with Crippen LogP contribution >= 0.6 is 0 Å². The third-order valence-electron chi connectivity index (χ3n) is 4.26. The van der Waals surface area contributed by atoms with Gasteiger partial charge in [0.2, 0.25) is 0 Å². The minimum atomic E-state index is -0.856. The van der Waals surface area contributed by atoms with Gasteiger partial charge >= 0.3 is 6.09 Å². The highest BCUT2D eigenvalue weighted by Crippen LogP contribution is 2.38. The molecule has 0 aromatic rings. The highest BCUT2D eigenvalue weighted by molar-refractivity contribution is 5.65. The zero-order valence-corrected chi connectivity index (χ0v) is 9.69. The number of hydrogen-bond donors (Lipinski definition) is 2. The molecule has 1 saturated carbocycles. The van der Waals surface area contributed by atoms with E-state index in [4.69, 9.17) is 5.11 Å². The number of rotatable bonds is 1. The largest absolute Gasteiger partial charge is 0.465 e. The molecule has 4 nitrogen and oxygen atoms in total. The molecule has 0 aromatic carbocycles. The second-order valence-electron chi connectivity index (χ2n) is 5.21. The van der Waals surface area contributed by atoms with E-state index in [2.05, 4.69) is 0 Å². The molecule has 0 aromatic heterocycles. The lowest BCUT2D eigenvalue weighted by atomic mass is 9.72. The summed E-state index contributed by atoms with van der Waals surface area (Å²) in [7, 11) is 0. The number of amides is 1. The Balaban J connectivity index is 1.92. The van der Waals surface area contributed by atoms with Crippen LogP contribution in [-0.2, 0) is 0 Å². The van der Waals surface area contributed by atoms with Crippen LogP contribution in [-0.4, -0.2) is 39.9 Å². The van der Waals surface area contributed by atoms with Crippen molar-refractivity contribution in [2.45, 2.75) is 50.5 Å². The summed E-state index contributed by atoms with van der Waals surface area (Å²) in [5, 5.41) is 19.4. The maximum Gasteiger partial charge on any atom is 0.407 e. The maximum absolute atomic E-state index is 10.8. The Labute approximate surface area is 96.3 Å². The van der Waals surface area contributed by atoms with Crippen molar-refractivity contribution in [3.8, 4) is 0 Å². The minimum absolute atomic E-state index is 0.400. The lowest BCUT2D eigenvalue weighted by Crippen LogP contribution is -2.50. The zero-order chi connectivity index (χ0) is 11.6. The van der Waals surface area contributed by atoms with Crippen molar-refractivity contribution in [1.29, 1.82) is 0 Å². The molecule has 0 radical (unpaired) electrons. The van der Waals surface area contributed by atoms with E-state index in [-0.39, 0.29) is 0 Å². The first-order chi connectivity index (χ1) is 7.62. The quantitative estimate of drug-likeness (QED) is 0.721. The van der Waals surface area contributed by atoms with Gasteiger partial charge in [-0.2, -0.15) is 0 Å². The molecule has 0 unspecified atom stereocenters. The molecule has 2 N–H and O–H groups in total. The highest BCUT2D eigenvalue weighted by Gasteiger charge is 2.40. The van der Waals surface area contributed by atoms with E-state index in [1.807, 2.05) is 0 Å². The molecule has 1 heterocycles. The lowest BCUT2D eigenvalue weighted by molar-refractivity contribution is -0.0732. The smallest absolute Gasteiger partial charge is 0.407 e. The van der Waals surface area contributed by atoms with Crippen molar-refractivity contribution in [3.63, 3.8) is 0 Å². The average molecular weight is 227 g/mol. The van der Waals surface area contributed by atoms with E-state index in [0.29, 0.717) is 31.8 Å². The predicted octanol–water partition coefficient (Wildman–Crippen LogP) is 2.07. The monoisotopic (exact) mass is 227 g/mol. The number of nitrogens with zero attached hydrogens (tertiary/aromatic N) is 1. The van der Waals surface area contributed by atoms with Gasteiger partial charge in [0.25, 0.3) is 0 Å². The van der Waals surface area contributed by atoms with Gasteiger partial charge in [-0.15, -0.1) is 0 Å². The third kappa shape index (κ3) is 2.32. The number of carboxylic acid groups (broad SMARTS) is 1. The van der Waals surface area contributed by atoms with Crippen LogP contribution in [0.25, 0.3) is 0 Å². The van der Waals surface area contributed by atoms with E-state index < -0.39 is 11.7 Å². The minimum Gasteiger partial charge on any atom is -0.465 e. The summed E-state index contributed by atoms with van der Waals surface area (Å²) in [5.41, 5.74) is -0.591. The van der Waals surface area contributed by atoms with Crippen molar-refractivity contribution in [2.75, 3.05) is 13.1 Å². The SMILES string of the molecule is O=C(O)N1CCC(O)(C2CCCCC2)CC1. The summed E-state index contributed by atoms with van der Waals surface area (Å²) in [6.07, 6.45) is 6.32. The Morgan fingerprint density at radius 1 is 1.12 bits per heavy atom. The molecule has 4 heteroatoms. The van der Waals surface area contributed by atoms with Crippen molar-refractivity contribution in [2.24, 2.45) is 5.92 Å². The summed E-state index contributed by atoms with van der Waals surface area (Å²) < 4.78 is 0. The first kappa shape index (κ1) is 11.7. The Kier molecular flexibility index (Phi) is 3.38. The topological polar surface area (TPSA) is 60.8 Å². The molecule has 1 aliphatic heterocycles. The fourth-order valence-electron chi connectivity index (χ4n) is 3.13. The van der Waals surface area contributed by atoms with Crippen molar-refractivity contribution in [3.05, 3.63) is 0 Å². The lowest BCUT2D eigenvalue weighted by Gasteiger charge is -2.43. The molecule has 0 atom stereocenters. The van der Waals surface area contributed by atoms with Crippen molar-refractivity contribution >= 4 is 6.09 Å². The standard InChI is InChI=1S/C12H21NO3/c14-11(15)13-8-6-12(16,7-9-13)10-4-2-1-3-5-10/h10,16H,1-9H2,(H,14,15). The number of likely N-dealkylation sites (tertiary alicyclic amines) is 1. The Bertz CT molecular complexity index is 253. The van der Waals surface area contributed by atoms with Gasteiger partial charge in [0, 0.05) is 13.1 Å². The summed E-state index contributed by atoms with van der Waals surface area (Å²) in [6.45, 7) is 0.977. The van der Waals surface area contributed by atoms with E-state index in [9.17, 15) is 9.90 Å². The molecule has 2 fully saturated rings. The van der Waals surface area contributed by atoms with Gasteiger partial charge in [-0.25, -0.2) is 4.79 Å². The number of hydrogen-bond acceptors (Lipinski definition) is 2. The molecule has 1 saturated heterocycles. The number of aliphatic hydroxyl groups is 1. The molecule has 16 heavy (non-hydrogen) atoms. The predicted molar refractivity (Wildman–Crippen MR) is 60.4 cm³/mol. The maximum atomic E-state index is 10.8. The Morgan fingerprint density at radius 3 is 2.19 bits per heavy atom. The van der Waals surface area contributed by atoms with E-state index in [1.165, 1.54) is 24.2 Å². The number of carbonyl (C=O) groups is 1. The highest BCUT2D eigenvalue weighted by atomic mass is 16.4. The van der Waals surface area contributed by atoms with Gasteiger partial charge in [0.1, 0.15) is 0 Å². The molecule has 92 valence electrons. The van der Waals surface area contributed by atoms with Gasteiger partial charge in [-0.1, -0.05) is 19.3 Å². The summed E-state index contributed by atoms with van der Waals surface area (Å²) >= 11 is 0. The molecule has 2 aliphatic rings. The Morgan fingerprint density at radius 2 is 1.69 bits per heavy atom. The van der Waals surface area contributed by atoms with Crippen LogP contribution in [0.4, 0.5) is 4.79 Å². The molecular formula is C12H21NO3. The molecule has 0 bridgehead atoms. The average Bonchev–Trinajstić information content (AvgIpc) is 2.31. The van der Waals surface area contributed by atoms with Gasteiger partial charge < -0.3 is 15.1 Å². The van der Waals surface area contributed by atoms with Crippen LogP contribution in [0.1, 0.15) is 44.9 Å². The number of piperidine rings is 1. The first-order valence-electron chi connectivity index (χ1n) is 6.32. The molecule has 1 amide bonds. The fraction of sp³-hybridized carbons (Fsp3) is 0.917. The van der Waals surface area contributed by atoms with E-state index in [0.717, 1.165) is 12.8 Å². The van der Waals surface area contributed by atoms with Crippen molar-refractivity contribution in [1.82, 2.24) is 4.90 Å². The van der Waals surface area contributed by atoms with Gasteiger partial charge in [0.05, 0.1) is 5.60 Å². The van der Waals surface area contributed by atoms with Gasteiger partial charge in [-0.3, -0.25) is 0 Å². The Hall–Kier alpha value is -0.770. The second kappa shape index (κ2) is 4.62. The van der Waals surface area contributed by atoms with E-state index in [1.54, 1.807) is 0 Å². The summed E-state index contributed by atoms with van der Waals surface area (Å²) in [5.74, 6) is 0.400. The molecule has 1 aliphatic carbocycles. The zero-order valence-electron chi connectivity index (χ0n) is 9.69. The molecule has 0 spiro atoms. The normalized spacial score (nSPS) is 26.7. The van der Waals surface area contributed by atoms with Crippen LogP contribution in [0.2, 0.25) is 0 Å². The first-order valence-corrected chi connectivity index (χ1v) is 6.32. The molecular weight excluding hydrogens is 206 g/mol. The summed E-state index contributed by atoms with van der Waals surface area (Å²) in [6, 6.07) is 0. The second-order valence-corrected chi connectivity index (χ2v) is 5.21. The van der Waals surface area contributed by atoms with Crippen LogP contribution in [0.3, 0.4) is 0 Å².